The maximum Gasteiger partial charge on any atom is 0.240 e. The Morgan fingerprint density at radius 1 is 1.11 bits per heavy atom. The summed E-state index contributed by atoms with van der Waals surface area (Å²) in [5.41, 5.74) is 3.21. The van der Waals surface area contributed by atoms with Crippen LogP contribution in [0.2, 0.25) is 0 Å². The van der Waals surface area contributed by atoms with Crippen molar-refractivity contribution in [2.75, 3.05) is 19.5 Å². The van der Waals surface area contributed by atoms with Crippen LogP contribution in [-0.4, -0.2) is 37.4 Å². The molecule has 0 heterocycles. The van der Waals surface area contributed by atoms with Gasteiger partial charge in [-0.1, -0.05) is 28.1 Å². The minimum Gasteiger partial charge on any atom is -0.504 e. The van der Waals surface area contributed by atoms with E-state index in [-0.39, 0.29) is 30.2 Å². The van der Waals surface area contributed by atoms with Gasteiger partial charge in [-0.15, -0.1) is 0 Å². The number of phenolic OH excluding ortho intramolecular Hbond substituents is 1. The molecule has 0 spiro atoms. The summed E-state index contributed by atoms with van der Waals surface area (Å²) < 4.78 is 10.9. The number of benzene rings is 2. The second-order valence-corrected chi connectivity index (χ2v) is 6.50. The van der Waals surface area contributed by atoms with Gasteiger partial charge in [0.05, 0.1) is 26.1 Å². The fraction of sp³-hybridized carbons (Fsp3) is 0.211. The van der Waals surface area contributed by atoms with Crippen LogP contribution in [0.25, 0.3) is 0 Å². The fourth-order valence-electron chi connectivity index (χ4n) is 2.27. The third kappa shape index (κ3) is 5.98. The highest BCUT2D eigenvalue weighted by atomic mass is 79.9. The van der Waals surface area contributed by atoms with Crippen molar-refractivity contribution in [3.63, 3.8) is 0 Å². The third-order valence-electron chi connectivity index (χ3n) is 3.64. The highest BCUT2D eigenvalue weighted by Gasteiger charge is 2.10. The number of nitrogens with zero attached hydrogens (tertiary/aromatic N) is 1. The van der Waals surface area contributed by atoms with Crippen LogP contribution in [0, 0.1) is 0 Å². The number of hydrazone groups is 1. The number of carbonyl (C=O) groups excluding carboxylic acids is 2. The number of para-hydroxylation sites is 2. The molecule has 0 aromatic heterocycles. The lowest BCUT2D eigenvalue weighted by Gasteiger charge is -2.09. The molecule has 2 amide bonds. The predicted octanol–water partition coefficient (Wildman–Crippen LogP) is 3.04. The summed E-state index contributed by atoms with van der Waals surface area (Å²) in [5, 5.41) is 16.5. The van der Waals surface area contributed by atoms with E-state index < -0.39 is 5.91 Å². The molecule has 0 radical (unpaired) electrons. The Kier molecular flexibility index (Phi) is 7.82. The molecule has 0 unspecified atom stereocenters. The molecule has 0 aliphatic heterocycles. The molecule has 0 saturated heterocycles. The lowest BCUT2D eigenvalue weighted by Crippen LogP contribution is -2.20. The minimum atomic E-state index is -0.437. The van der Waals surface area contributed by atoms with Gasteiger partial charge >= 0.3 is 0 Å². The van der Waals surface area contributed by atoms with Gasteiger partial charge in [-0.2, -0.15) is 5.10 Å². The second kappa shape index (κ2) is 10.3. The van der Waals surface area contributed by atoms with Crippen molar-refractivity contribution in [3.05, 3.63) is 46.4 Å². The van der Waals surface area contributed by atoms with E-state index in [4.69, 9.17) is 9.47 Å². The van der Waals surface area contributed by atoms with Crippen molar-refractivity contribution < 1.29 is 24.2 Å². The standard InChI is InChI=1S/C19H20BrN3O5/c1-27-15-6-4-3-5-14(15)22-17(24)7-8-18(25)23-21-11-12-9-13(20)10-16(28-2)19(12)26/h3-6,9-11,26H,7-8H2,1-2H3,(H,22,24)(H,23,25)/b21-11+. The van der Waals surface area contributed by atoms with Crippen molar-refractivity contribution in [2.45, 2.75) is 12.8 Å². The van der Waals surface area contributed by atoms with Crippen molar-refractivity contribution in [1.82, 2.24) is 5.43 Å². The number of carbonyl (C=O) groups is 2. The molecule has 0 fully saturated rings. The first-order chi connectivity index (χ1) is 13.4. The Hall–Kier alpha value is -3.07. The molecule has 2 aromatic rings. The Morgan fingerprint density at radius 2 is 1.79 bits per heavy atom. The van der Waals surface area contributed by atoms with Gasteiger partial charge in [0, 0.05) is 22.9 Å². The van der Waals surface area contributed by atoms with Gasteiger partial charge in [-0.3, -0.25) is 9.59 Å². The van der Waals surface area contributed by atoms with E-state index in [1.165, 1.54) is 20.4 Å². The zero-order chi connectivity index (χ0) is 20.5. The number of hydrogen-bond donors (Lipinski definition) is 3. The van der Waals surface area contributed by atoms with Crippen LogP contribution in [0.15, 0.2) is 46.0 Å². The van der Waals surface area contributed by atoms with Crippen molar-refractivity contribution in [3.8, 4) is 17.2 Å². The van der Waals surface area contributed by atoms with Gasteiger partial charge < -0.3 is 19.9 Å². The maximum absolute atomic E-state index is 12.0. The van der Waals surface area contributed by atoms with Crippen LogP contribution in [-0.2, 0) is 9.59 Å². The average Bonchev–Trinajstić information content (AvgIpc) is 2.69. The summed E-state index contributed by atoms with van der Waals surface area (Å²) in [5.74, 6) is -0.0462. The molecular weight excluding hydrogens is 430 g/mol. The Morgan fingerprint density at radius 3 is 2.50 bits per heavy atom. The first-order valence-corrected chi connectivity index (χ1v) is 9.05. The first kappa shape index (κ1) is 21.2. The van der Waals surface area contributed by atoms with Gasteiger partial charge in [0.15, 0.2) is 11.5 Å². The van der Waals surface area contributed by atoms with Crippen LogP contribution in [0.5, 0.6) is 17.2 Å². The van der Waals surface area contributed by atoms with E-state index >= 15 is 0 Å². The van der Waals surface area contributed by atoms with Gasteiger partial charge in [-0.05, 0) is 24.3 Å². The van der Waals surface area contributed by atoms with E-state index in [2.05, 4.69) is 31.8 Å². The third-order valence-corrected chi connectivity index (χ3v) is 4.10. The first-order valence-electron chi connectivity index (χ1n) is 8.26. The number of rotatable bonds is 8. The van der Waals surface area contributed by atoms with Crippen LogP contribution in [0.1, 0.15) is 18.4 Å². The summed E-state index contributed by atoms with van der Waals surface area (Å²) >= 11 is 3.29. The van der Waals surface area contributed by atoms with Crippen molar-refractivity contribution in [2.24, 2.45) is 5.10 Å². The summed E-state index contributed by atoms with van der Waals surface area (Å²) in [4.78, 5) is 23.9. The number of nitrogens with one attached hydrogen (secondary N) is 2. The Balaban J connectivity index is 1.85. The summed E-state index contributed by atoms with van der Waals surface area (Å²) in [6.07, 6.45) is 1.22. The molecule has 148 valence electrons. The largest absolute Gasteiger partial charge is 0.504 e. The number of amides is 2. The SMILES string of the molecule is COc1ccccc1NC(=O)CCC(=O)N/N=C/c1cc(Br)cc(OC)c1O. The highest BCUT2D eigenvalue weighted by molar-refractivity contribution is 9.10. The topological polar surface area (TPSA) is 109 Å². The zero-order valence-corrected chi connectivity index (χ0v) is 16.9. The molecule has 8 nitrogen and oxygen atoms in total. The highest BCUT2D eigenvalue weighted by Crippen LogP contribution is 2.32. The van der Waals surface area contributed by atoms with Crippen LogP contribution >= 0.6 is 15.9 Å². The summed E-state index contributed by atoms with van der Waals surface area (Å²) in [6, 6.07) is 10.2. The van der Waals surface area contributed by atoms with Crippen molar-refractivity contribution >= 4 is 39.6 Å². The summed E-state index contributed by atoms with van der Waals surface area (Å²) in [7, 11) is 2.94. The lowest BCUT2D eigenvalue weighted by atomic mass is 10.2. The fourth-order valence-corrected chi connectivity index (χ4v) is 2.72. The smallest absolute Gasteiger partial charge is 0.240 e. The monoisotopic (exact) mass is 449 g/mol. The quantitative estimate of drug-likeness (QED) is 0.423. The maximum atomic E-state index is 12.0. The Labute approximate surface area is 170 Å². The zero-order valence-electron chi connectivity index (χ0n) is 15.4. The molecule has 0 atom stereocenters. The number of methoxy groups -OCH3 is 2. The van der Waals surface area contributed by atoms with E-state index in [1.54, 1.807) is 36.4 Å². The second-order valence-electron chi connectivity index (χ2n) is 5.59. The molecule has 2 aromatic carbocycles. The van der Waals surface area contributed by atoms with Gasteiger partial charge in [0.2, 0.25) is 11.8 Å². The van der Waals surface area contributed by atoms with E-state index in [9.17, 15) is 14.7 Å². The number of aromatic hydroxyl groups is 1. The van der Waals surface area contributed by atoms with Gasteiger partial charge in [0.1, 0.15) is 5.75 Å². The van der Waals surface area contributed by atoms with E-state index in [0.29, 0.717) is 21.5 Å². The van der Waals surface area contributed by atoms with Crippen LogP contribution in [0.3, 0.4) is 0 Å². The normalized spacial score (nSPS) is 10.5. The van der Waals surface area contributed by atoms with Gasteiger partial charge in [-0.25, -0.2) is 5.43 Å². The summed E-state index contributed by atoms with van der Waals surface area (Å²) in [6.45, 7) is 0. The molecule has 0 saturated carbocycles. The Bertz CT molecular complexity index is 886. The number of halogens is 1. The number of ether oxygens (including phenoxy) is 2. The molecule has 0 bridgehead atoms. The van der Waals surface area contributed by atoms with Crippen LogP contribution < -0.4 is 20.2 Å². The molecule has 0 aliphatic carbocycles. The van der Waals surface area contributed by atoms with E-state index in [1.807, 2.05) is 0 Å². The predicted molar refractivity (Wildman–Crippen MR) is 109 cm³/mol. The molecule has 9 heteroatoms. The molecule has 0 aliphatic rings. The molecule has 2 rings (SSSR count). The molecule has 28 heavy (non-hydrogen) atoms. The number of anilines is 1. The minimum absolute atomic E-state index is 0.0185. The van der Waals surface area contributed by atoms with Gasteiger partial charge in [0.25, 0.3) is 0 Å². The lowest BCUT2D eigenvalue weighted by molar-refractivity contribution is -0.124. The van der Waals surface area contributed by atoms with Crippen molar-refractivity contribution in [1.29, 1.82) is 0 Å². The average molecular weight is 450 g/mol. The number of phenols is 1. The van der Waals surface area contributed by atoms with E-state index in [0.717, 1.165) is 0 Å². The molecular formula is C19H20BrN3O5. The van der Waals surface area contributed by atoms with Crippen LogP contribution in [0.4, 0.5) is 5.69 Å². The molecule has 3 N–H and O–H groups in total. The number of hydrogen-bond acceptors (Lipinski definition) is 6.